The molecule has 1 amide bonds. The summed E-state index contributed by atoms with van der Waals surface area (Å²) in [5, 5.41) is 13.7. The average molecular weight is 437 g/mol. The third-order valence-electron chi connectivity index (χ3n) is 3.95. The van der Waals surface area contributed by atoms with E-state index in [0.29, 0.717) is 11.5 Å². The predicted molar refractivity (Wildman–Crippen MR) is 107 cm³/mol. The summed E-state index contributed by atoms with van der Waals surface area (Å²) in [6.07, 6.45) is 0. The van der Waals surface area contributed by atoms with Crippen molar-refractivity contribution in [2.45, 2.75) is 26.7 Å². The fraction of sp³-hybridized carbons (Fsp3) is 0.316. The largest absolute Gasteiger partial charge is 0.496 e. The van der Waals surface area contributed by atoms with E-state index < -0.39 is 10.8 Å². The van der Waals surface area contributed by atoms with Gasteiger partial charge in [-0.2, -0.15) is 0 Å². The lowest BCUT2D eigenvalue weighted by molar-refractivity contribution is -0.384. The number of methoxy groups -OCH3 is 1. The molecule has 0 aliphatic rings. The average Bonchev–Trinajstić information content (AvgIpc) is 2.62. The fourth-order valence-electron chi connectivity index (χ4n) is 2.47. The predicted octanol–water partition coefficient (Wildman–Crippen LogP) is 4.82. The van der Waals surface area contributed by atoms with Gasteiger partial charge >= 0.3 is 0 Å². The molecule has 0 bridgehead atoms. The molecule has 144 valence electrons. The van der Waals surface area contributed by atoms with Crippen LogP contribution in [-0.2, 0) is 4.79 Å². The number of nitrogens with zero attached hydrogens (tertiary/aromatic N) is 1. The van der Waals surface area contributed by atoms with Gasteiger partial charge in [-0.05, 0) is 48.2 Å². The third kappa shape index (κ3) is 5.19. The van der Waals surface area contributed by atoms with Crippen molar-refractivity contribution >= 4 is 33.2 Å². The van der Waals surface area contributed by atoms with Gasteiger partial charge in [0, 0.05) is 4.47 Å². The summed E-state index contributed by atoms with van der Waals surface area (Å²) >= 11 is 3.50. The molecule has 0 atom stereocenters. The quantitative estimate of drug-likeness (QED) is 0.496. The summed E-state index contributed by atoms with van der Waals surface area (Å²) in [6.45, 7) is 5.74. The Labute approximate surface area is 166 Å². The van der Waals surface area contributed by atoms with E-state index in [2.05, 4.69) is 21.2 Å². The summed E-state index contributed by atoms with van der Waals surface area (Å²) < 4.78 is 11.6. The Morgan fingerprint density at radius 2 is 2.00 bits per heavy atom. The van der Waals surface area contributed by atoms with Crippen molar-refractivity contribution in [3.8, 4) is 11.5 Å². The van der Waals surface area contributed by atoms with Crippen molar-refractivity contribution in [3.05, 3.63) is 56.0 Å². The number of nitro benzene ring substituents is 1. The number of anilines is 1. The summed E-state index contributed by atoms with van der Waals surface area (Å²) in [7, 11) is 1.41. The summed E-state index contributed by atoms with van der Waals surface area (Å²) in [5.74, 6) is 0.675. The van der Waals surface area contributed by atoms with E-state index in [9.17, 15) is 14.9 Å². The van der Waals surface area contributed by atoms with Crippen molar-refractivity contribution in [1.82, 2.24) is 0 Å². The molecule has 0 spiro atoms. The van der Waals surface area contributed by atoms with E-state index in [1.807, 2.05) is 32.9 Å². The Balaban J connectivity index is 2.14. The second kappa shape index (κ2) is 8.85. The van der Waals surface area contributed by atoms with Crippen LogP contribution in [0.4, 0.5) is 11.4 Å². The lowest BCUT2D eigenvalue weighted by Crippen LogP contribution is -2.21. The van der Waals surface area contributed by atoms with E-state index >= 15 is 0 Å². The molecule has 7 nitrogen and oxygen atoms in total. The number of benzene rings is 2. The minimum Gasteiger partial charge on any atom is -0.496 e. The van der Waals surface area contributed by atoms with E-state index in [4.69, 9.17) is 9.47 Å². The molecular formula is C19H21BrN2O5. The number of hydrogen-bond acceptors (Lipinski definition) is 5. The molecule has 0 fully saturated rings. The molecule has 2 aromatic rings. The Morgan fingerprint density at radius 3 is 2.59 bits per heavy atom. The molecule has 0 saturated carbocycles. The van der Waals surface area contributed by atoms with E-state index in [1.54, 1.807) is 6.07 Å². The standard InChI is InChI=1S/C19H21BrN2O5/c1-11(2)14-9-15(20)12(3)7-18(14)27-10-19(23)21-16-6-5-13(26-4)8-17(16)22(24)25/h5-9,11H,10H2,1-4H3,(H,21,23). The van der Waals surface area contributed by atoms with Gasteiger partial charge in [-0.25, -0.2) is 0 Å². The van der Waals surface area contributed by atoms with Crippen molar-refractivity contribution < 1.29 is 19.2 Å². The van der Waals surface area contributed by atoms with Gasteiger partial charge in [-0.3, -0.25) is 14.9 Å². The first-order chi connectivity index (χ1) is 12.7. The Morgan fingerprint density at radius 1 is 1.30 bits per heavy atom. The zero-order valence-corrected chi connectivity index (χ0v) is 17.1. The van der Waals surface area contributed by atoms with Crippen LogP contribution in [0.15, 0.2) is 34.8 Å². The molecule has 0 radical (unpaired) electrons. The minimum absolute atomic E-state index is 0.0884. The van der Waals surface area contributed by atoms with Gasteiger partial charge in [-0.1, -0.05) is 29.8 Å². The highest BCUT2D eigenvalue weighted by Gasteiger charge is 2.18. The molecule has 0 saturated heterocycles. The van der Waals surface area contributed by atoms with Crippen molar-refractivity contribution in [3.63, 3.8) is 0 Å². The molecule has 2 aromatic carbocycles. The number of nitrogens with one attached hydrogen (secondary N) is 1. The number of aryl methyl sites for hydroxylation is 1. The molecule has 2 rings (SSSR count). The second-order valence-corrected chi connectivity index (χ2v) is 7.13. The Bertz CT molecular complexity index is 867. The van der Waals surface area contributed by atoms with Gasteiger partial charge in [0.15, 0.2) is 6.61 Å². The highest BCUT2D eigenvalue weighted by atomic mass is 79.9. The number of amides is 1. The molecule has 0 unspecified atom stereocenters. The number of ether oxygens (including phenoxy) is 2. The fourth-order valence-corrected chi connectivity index (χ4v) is 2.83. The van der Waals surface area contributed by atoms with Crippen molar-refractivity contribution in [2.24, 2.45) is 0 Å². The van der Waals surface area contributed by atoms with Gasteiger partial charge in [0.1, 0.15) is 17.2 Å². The monoisotopic (exact) mass is 436 g/mol. The number of nitro groups is 1. The highest BCUT2D eigenvalue weighted by molar-refractivity contribution is 9.10. The lowest BCUT2D eigenvalue weighted by Gasteiger charge is -2.16. The molecule has 0 aliphatic heterocycles. The molecule has 0 aliphatic carbocycles. The van der Waals surface area contributed by atoms with E-state index in [-0.39, 0.29) is 23.9 Å². The number of halogens is 1. The SMILES string of the molecule is COc1ccc(NC(=O)COc2cc(C)c(Br)cc2C(C)C)c([N+](=O)[O-])c1. The third-order valence-corrected chi connectivity index (χ3v) is 4.80. The molecule has 0 heterocycles. The van der Waals surface area contributed by atoms with Crippen molar-refractivity contribution in [1.29, 1.82) is 0 Å². The van der Waals surface area contributed by atoms with E-state index in [1.165, 1.54) is 19.2 Å². The van der Waals surface area contributed by atoms with Gasteiger partial charge in [0.05, 0.1) is 18.1 Å². The number of hydrogen-bond donors (Lipinski definition) is 1. The first-order valence-corrected chi connectivity index (χ1v) is 9.07. The zero-order chi connectivity index (χ0) is 20.1. The summed E-state index contributed by atoms with van der Waals surface area (Å²) in [6, 6.07) is 8.06. The number of carbonyl (C=O) groups is 1. The zero-order valence-electron chi connectivity index (χ0n) is 15.5. The smallest absolute Gasteiger partial charge is 0.296 e. The maximum absolute atomic E-state index is 12.2. The van der Waals surface area contributed by atoms with Gasteiger partial charge in [-0.15, -0.1) is 0 Å². The topological polar surface area (TPSA) is 90.7 Å². The maximum Gasteiger partial charge on any atom is 0.296 e. The highest BCUT2D eigenvalue weighted by Crippen LogP contribution is 2.32. The maximum atomic E-state index is 12.2. The van der Waals surface area contributed by atoms with Crippen LogP contribution < -0.4 is 14.8 Å². The molecule has 8 heteroatoms. The molecule has 0 aromatic heterocycles. The molecule has 27 heavy (non-hydrogen) atoms. The molecule has 1 N–H and O–H groups in total. The molecular weight excluding hydrogens is 416 g/mol. The Hall–Kier alpha value is -2.61. The number of carbonyl (C=O) groups excluding carboxylic acids is 1. The first kappa shape index (κ1) is 20.7. The minimum atomic E-state index is -0.575. The van der Waals surface area contributed by atoms with Crippen LogP contribution in [0.3, 0.4) is 0 Å². The summed E-state index contributed by atoms with van der Waals surface area (Å²) in [4.78, 5) is 22.9. The van der Waals surface area contributed by atoms with Gasteiger partial charge < -0.3 is 14.8 Å². The van der Waals surface area contributed by atoms with Gasteiger partial charge in [0.25, 0.3) is 11.6 Å². The Kier molecular flexibility index (Phi) is 6.79. The van der Waals surface area contributed by atoms with Crippen LogP contribution in [0, 0.1) is 17.0 Å². The lowest BCUT2D eigenvalue weighted by atomic mass is 10.0. The normalized spacial score (nSPS) is 10.6. The van der Waals surface area contributed by atoms with Crippen LogP contribution in [0.1, 0.15) is 30.9 Å². The van der Waals surface area contributed by atoms with Crippen LogP contribution >= 0.6 is 15.9 Å². The van der Waals surface area contributed by atoms with Crippen LogP contribution in [-0.4, -0.2) is 24.5 Å². The second-order valence-electron chi connectivity index (χ2n) is 6.27. The summed E-state index contributed by atoms with van der Waals surface area (Å²) in [5.41, 5.74) is 1.80. The van der Waals surface area contributed by atoms with Crippen LogP contribution in [0.5, 0.6) is 11.5 Å². The number of rotatable bonds is 7. The van der Waals surface area contributed by atoms with Crippen LogP contribution in [0.2, 0.25) is 0 Å². The first-order valence-electron chi connectivity index (χ1n) is 8.28. The van der Waals surface area contributed by atoms with Gasteiger partial charge in [0.2, 0.25) is 0 Å². The van der Waals surface area contributed by atoms with Crippen molar-refractivity contribution in [2.75, 3.05) is 19.0 Å². The van der Waals surface area contributed by atoms with E-state index in [0.717, 1.165) is 15.6 Å². The van der Waals surface area contributed by atoms with Crippen LogP contribution in [0.25, 0.3) is 0 Å².